The molecule has 4 rings (SSSR count). The number of amides is 1. The van der Waals surface area contributed by atoms with Crippen LogP contribution in [0.2, 0.25) is 0 Å². The van der Waals surface area contributed by atoms with Gasteiger partial charge in [0.25, 0.3) is 0 Å². The number of carbonyl (C=O) groups excluding carboxylic acids is 1. The Balaban J connectivity index is 1.26. The molecule has 1 aromatic carbocycles. The highest BCUT2D eigenvalue weighted by Crippen LogP contribution is 2.31. The third kappa shape index (κ3) is 5.32. The lowest BCUT2D eigenvalue weighted by atomic mass is 10.2. The van der Waals surface area contributed by atoms with Crippen LogP contribution < -0.4 is 5.32 Å². The second kappa shape index (κ2) is 9.50. The van der Waals surface area contributed by atoms with E-state index in [0.717, 1.165) is 20.5 Å². The number of hydrogen-bond acceptors (Lipinski definition) is 8. The summed E-state index contributed by atoms with van der Waals surface area (Å²) in [6.07, 6.45) is 0.485. The molecule has 0 fully saturated rings. The second-order valence-electron chi connectivity index (χ2n) is 6.38. The molecule has 30 heavy (non-hydrogen) atoms. The van der Waals surface area contributed by atoms with Crippen molar-refractivity contribution in [1.82, 2.24) is 15.1 Å². The number of halogens is 1. The Hall–Kier alpha value is -2.56. The predicted molar refractivity (Wildman–Crippen MR) is 117 cm³/mol. The monoisotopic (exact) mass is 460 g/mol. The van der Waals surface area contributed by atoms with Gasteiger partial charge in [0, 0.05) is 23.9 Å². The number of carbonyl (C=O) groups is 1. The second-order valence-corrected chi connectivity index (χ2v) is 9.40. The minimum absolute atomic E-state index is 0.168. The lowest BCUT2D eigenvalue weighted by Gasteiger charge is -2.07. The third-order valence-electron chi connectivity index (χ3n) is 4.13. The Morgan fingerprint density at radius 1 is 1.27 bits per heavy atom. The first-order valence-corrected chi connectivity index (χ1v) is 11.8. The molecule has 0 aliphatic heterocycles. The maximum atomic E-state index is 13.3. The molecule has 3 heterocycles. The van der Waals surface area contributed by atoms with E-state index in [9.17, 15) is 9.18 Å². The highest BCUT2D eigenvalue weighted by atomic mass is 32.2. The Labute approximate surface area is 184 Å². The van der Waals surface area contributed by atoms with Crippen LogP contribution in [0.4, 0.5) is 10.1 Å². The summed E-state index contributed by atoms with van der Waals surface area (Å²) in [6.45, 7) is 1.81. The summed E-state index contributed by atoms with van der Waals surface area (Å²) < 4.78 is 19.5. The van der Waals surface area contributed by atoms with Gasteiger partial charge in [-0.1, -0.05) is 29.1 Å². The van der Waals surface area contributed by atoms with Gasteiger partial charge in [-0.3, -0.25) is 4.79 Å². The molecule has 0 unspecified atom stereocenters. The fourth-order valence-electron chi connectivity index (χ4n) is 2.60. The minimum Gasteiger partial charge on any atom is -0.339 e. The molecule has 1 N–H and O–H groups in total. The van der Waals surface area contributed by atoms with Gasteiger partial charge < -0.3 is 9.84 Å². The van der Waals surface area contributed by atoms with Crippen LogP contribution in [-0.2, 0) is 17.0 Å². The Morgan fingerprint density at radius 3 is 3.00 bits per heavy atom. The topological polar surface area (TPSA) is 80.9 Å². The lowest BCUT2D eigenvalue weighted by Crippen LogP contribution is -2.13. The normalized spacial score (nSPS) is 11.0. The van der Waals surface area contributed by atoms with E-state index in [4.69, 9.17) is 4.52 Å². The summed E-state index contributed by atoms with van der Waals surface area (Å²) in [4.78, 5) is 22.2. The van der Waals surface area contributed by atoms with E-state index in [1.54, 1.807) is 40.5 Å². The van der Waals surface area contributed by atoms with Gasteiger partial charge in [-0.05, 0) is 36.1 Å². The van der Waals surface area contributed by atoms with Crippen LogP contribution in [0.5, 0.6) is 0 Å². The molecule has 0 saturated heterocycles. The molecule has 0 bridgehead atoms. The minimum atomic E-state index is -0.391. The maximum absolute atomic E-state index is 13.3. The number of anilines is 1. The number of thiophene rings is 1. The average Bonchev–Trinajstić information content (AvgIpc) is 3.49. The molecule has 0 radical (unpaired) electrons. The van der Waals surface area contributed by atoms with Crippen molar-refractivity contribution in [3.05, 3.63) is 64.2 Å². The van der Waals surface area contributed by atoms with Crippen LogP contribution in [0, 0.1) is 12.7 Å². The standard InChI is InChI=1S/C20H17FN4O2S3/c1-12-4-5-13(21)9-14(12)22-18(26)6-7-19-24-17(25-27-19)11-30-20-23-15(10-29-20)16-3-2-8-28-16/h2-5,8-10H,6-7,11H2,1H3,(H,22,26). The van der Waals surface area contributed by atoms with Crippen molar-refractivity contribution in [2.75, 3.05) is 5.32 Å². The van der Waals surface area contributed by atoms with E-state index < -0.39 is 5.82 Å². The summed E-state index contributed by atoms with van der Waals surface area (Å²) in [5, 5.41) is 10.7. The zero-order chi connectivity index (χ0) is 20.9. The number of thioether (sulfide) groups is 1. The smallest absolute Gasteiger partial charge is 0.227 e. The van der Waals surface area contributed by atoms with Crippen molar-refractivity contribution in [2.24, 2.45) is 0 Å². The molecular formula is C20H17FN4O2S3. The van der Waals surface area contributed by atoms with Crippen LogP contribution >= 0.6 is 34.4 Å². The van der Waals surface area contributed by atoms with E-state index in [2.05, 4.69) is 20.4 Å². The van der Waals surface area contributed by atoms with Gasteiger partial charge in [0.15, 0.2) is 10.2 Å². The van der Waals surface area contributed by atoms with Gasteiger partial charge in [-0.15, -0.1) is 22.7 Å². The number of aromatic nitrogens is 3. The van der Waals surface area contributed by atoms with Crippen molar-refractivity contribution >= 4 is 46.0 Å². The third-order valence-corrected chi connectivity index (χ3v) is 7.04. The molecule has 154 valence electrons. The summed E-state index contributed by atoms with van der Waals surface area (Å²) >= 11 is 4.79. The van der Waals surface area contributed by atoms with E-state index in [1.807, 2.05) is 29.8 Å². The molecule has 0 spiro atoms. The number of thiazole rings is 1. The molecule has 0 aliphatic carbocycles. The number of rotatable bonds is 8. The zero-order valence-corrected chi connectivity index (χ0v) is 18.4. The quantitative estimate of drug-likeness (QED) is 0.347. The van der Waals surface area contributed by atoms with E-state index >= 15 is 0 Å². The number of nitrogens with one attached hydrogen (secondary N) is 1. The Bertz CT molecular complexity index is 1140. The SMILES string of the molecule is Cc1ccc(F)cc1NC(=O)CCc1nc(CSc2nc(-c3cccs3)cs2)no1. The van der Waals surface area contributed by atoms with Gasteiger partial charge in [-0.2, -0.15) is 4.98 Å². The summed E-state index contributed by atoms with van der Waals surface area (Å²) in [7, 11) is 0. The average molecular weight is 461 g/mol. The zero-order valence-electron chi connectivity index (χ0n) is 15.9. The summed E-state index contributed by atoms with van der Waals surface area (Å²) in [5.41, 5.74) is 2.24. The highest BCUT2D eigenvalue weighted by molar-refractivity contribution is 8.00. The largest absolute Gasteiger partial charge is 0.339 e. The van der Waals surface area contributed by atoms with Gasteiger partial charge in [0.1, 0.15) is 5.82 Å². The molecule has 10 heteroatoms. The summed E-state index contributed by atoms with van der Waals surface area (Å²) in [6, 6.07) is 8.34. The number of benzene rings is 1. The molecule has 0 aliphatic rings. The highest BCUT2D eigenvalue weighted by Gasteiger charge is 2.12. The van der Waals surface area contributed by atoms with Crippen molar-refractivity contribution in [2.45, 2.75) is 29.9 Å². The van der Waals surface area contributed by atoms with Crippen LogP contribution in [0.3, 0.4) is 0 Å². The number of aryl methyl sites for hydroxylation is 2. The lowest BCUT2D eigenvalue weighted by molar-refractivity contribution is -0.116. The molecular weight excluding hydrogens is 443 g/mol. The molecule has 6 nitrogen and oxygen atoms in total. The first kappa shape index (κ1) is 20.7. The van der Waals surface area contributed by atoms with Crippen molar-refractivity contribution in [1.29, 1.82) is 0 Å². The van der Waals surface area contributed by atoms with Crippen LogP contribution in [0.1, 0.15) is 23.7 Å². The molecule has 0 saturated carbocycles. The van der Waals surface area contributed by atoms with E-state index in [-0.39, 0.29) is 12.3 Å². The summed E-state index contributed by atoms with van der Waals surface area (Å²) in [5.74, 6) is 0.869. The van der Waals surface area contributed by atoms with Gasteiger partial charge in [0.2, 0.25) is 11.8 Å². The fraction of sp³-hybridized carbons (Fsp3) is 0.200. The molecule has 0 atom stereocenters. The fourth-order valence-corrected chi connectivity index (χ4v) is 5.03. The molecule has 3 aromatic heterocycles. The molecule has 1 amide bonds. The number of nitrogens with zero attached hydrogens (tertiary/aromatic N) is 3. The van der Waals surface area contributed by atoms with Crippen molar-refractivity contribution in [3.63, 3.8) is 0 Å². The van der Waals surface area contributed by atoms with Gasteiger partial charge in [-0.25, -0.2) is 9.37 Å². The van der Waals surface area contributed by atoms with E-state index in [1.165, 1.54) is 12.1 Å². The van der Waals surface area contributed by atoms with Crippen LogP contribution in [-0.4, -0.2) is 21.0 Å². The van der Waals surface area contributed by atoms with E-state index in [0.29, 0.717) is 29.6 Å². The Morgan fingerprint density at radius 2 is 2.17 bits per heavy atom. The predicted octanol–water partition coefficient (Wildman–Crippen LogP) is 5.57. The number of hydrogen-bond donors (Lipinski definition) is 1. The first-order valence-electron chi connectivity index (χ1n) is 9.06. The van der Waals surface area contributed by atoms with Crippen molar-refractivity contribution < 1.29 is 13.7 Å². The van der Waals surface area contributed by atoms with Gasteiger partial charge >= 0.3 is 0 Å². The van der Waals surface area contributed by atoms with Crippen LogP contribution in [0.25, 0.3) is 10.6 Å². The molecule has 4 aromatic rings. The maximum Gasteiger partial charge on any atom is 0.227 e. The van der Waals surface area contributed by atoms with Gasteiger partial charge in [0.05, 0.1) is 16.3 Å². The first-order chi connectivity index (χ1) is 14.6. The van der Waals surface area contributed by atoms with Crippen molar-refractivity contribution in [3.8, 4) is 10.6 Å². The van der Waals surface area contributed by atoms with Crippen LogP contribution in [0.15, 0.2) is 50.0 Å². The Kier molecular flexibility index (Phi) is 6.56.